The molecule has 0 radical (unpaired) electrons. The third-order valence-electron chi connectivity index (χ3n) is 7.23. The van der Waals surface area contributed by atoms with Gasteiger partial charge in [-0.1, -0.05) is 56.3 Å². The number of aromatic nitrogens is 2. The van der Waals surface area contributed by atoms with Gasteiger partial charge in [0.1, 0.15) is 0 Å². The Morgan fingerprint density at radius 3 is 2.44 bits per heavy atom. The average Bonchev–Trinajstić information content (AvgIpc) is 3.43. The molecule has 4 aromatic rings. The second-order valence-corrected chi connectivity index (χ2v) is 12.1. The first-order valence-corrected chi connectivity index (χ1v) is 15.4. The van der Waals surface area contributed by atoms with Gasteiger partial charge in [-0.3, -0.25) is 4.79 Å². The summed E-state index contributed by atoms with van der Waals surface area (Å²) < 4.78 is 44.3. The molecule has 0 spiro atoms. The van der Waals surface area contributed by atoms with Crippen LogP contribution in [0.3, 0.4) is 0 Å². The minimum absolute atomic E-state index is 0.0517. The molecule has 0 aliphatic rings. The van der Waals surface area contributed by atoms with Gasteiger partial charge in [-0.15, -0.1) is 0 Å². The Morgan fingerprint density at radius 1 is 1.09 bits per heavy atom. The van der Waals surface area contributed by atoms with Gasteiger partial charge in [0.25, 0.3) is 0 Å². The van der Waals surface area contributed by atoms with Crippen LogP contribution in [0, 0.1) is 17.2 Å². The fourth-order valence-corrected chi connectivity index (χ4v) is 5.35. The summed E-state index contributed by atoms with van der Waals surface area (Å²) in [6.07, 6.45) is -1.21. The Labute approximate surface area is 274 Å². The van der Waals surface area contributed by atoms with Crippen LogP contribution in [0.4, 0.5) is 18.9 Å². The van der Waals surface area contributed by atoms with Crippen LogP contribution in [0.15, 0.2) is 89.8 Å². The summed E-state index contributed by atoms with van der Waals surface area (Å²) in [5.41, 5.74) is 2.21. The fourth-order valence-electron chi connectivity index (χ4n) is 4.72. The van der Waals surface area contributed by atoms with Crippen molar-refractivity contribution in [3.05, 3.63) is 118 Å². The number of anilines is 1. The van der Waals surface area contributed by atoms with Crippen molar-refractivity contribution in [1.29, 1.82) is 5.26 Å². The lowest BCUT2D eigenvalue weighted by atomic mass is 10.0. The minimum Gasteiger partial charge on any atom is -0.351 e. The SMILES string of the molecule is CC(C)[C@@H](CN(Cc1ccccc1C(F)(F)F)C(=S)Nc1ccccc1Br)NC(=O)Cc1cncn1Cc1ccc(C#N)cc1. The minimum atomic E-state index is -4.54. The number of nitrogens with zero attached hydrogens (tertiary/aromatic N) is 4. The number of alkyl halides is 3. The maximum absolute atomic E-state index is 13.9. The molecular formula is C33H32BrF3N6OS. The van der Waals surface area contributed by atoms with E-state index in [0.29, 0.717) is 23.5 Å². The van der Waals surface area contributed by atoms with E-state index < -0.39 is 17.8 Å². The first-order valence-electron chi connectivity index (χ1n) is 14.2. The van der Waals surface area contributed by atoms with Gasteiger partial charge in [0.2, 0.25) is 5.91 Å². The molecule has 0 aliphatic heterocycles. The smallest absolute Gasteiger partial charge is 0.351 e. The number of rotatable bonds is 11. The number of hydrogen-bond donors (Lipinski definition) is 2. The monoisotopic (exact) mass is 696 g/mol. The van der Waals surface area contributed by atoms with Crippen LogP contribution in [0.25, 0.3) is 0 Å². The molecular weight excluding hydrogens is 665 g/mol. The topological polar surface area (TPSA) is 86.0 Å². The largest absolute Gasteiger partial charge is 0.416 e. The van der Waals surface area contributed by atoms with Crippen LogP contribution < -0.4 is 10.6 Å². The number of halogens is 4. The summed E-state index contributed by atoms with van der Waals surface area (Å²) in [5.74, 6) is -0.320. The molecule has 1 amide bonds. The molecule has 0 saturated heterocycles. The van der Waals surface area contributed by atoms with Gasteiger partial charge in [-0.2, -0.15) is 18.4 Å². The molecule has 0 fully saturated rings. The average molecular weight is 698 g/mol. The third kappa shape index (κ3) is 9.39. The van der Waals surface area contributed by atoms with Crippen LogP contribution >= 0.6 is 28.1 Å². The first kappa shape index (κ1) is 33.7. The molecule has 45 heavy (non-hydrogen) atoms. The predicted octanol–water partition coefficient (Wildman–Crippen LogP) is 7.17. The normalized spacial score (nSPS) is 12.0. The van der Waals surface area contributed by atoms with Gasteiger partial charge in [-0.05, 0) is 75.5 Å². The zero-order chi connectivity index (χ0) is 32.6. The van der Waals surface area contributed by atoms with Crippen molar-refractivity contribution in [3.63, 3.8) is 0 Å². The van der Waals surface area contributed by atoms with Crippen molar-refractivity contribution in [3.8, 4) is 6.07 Å². The zero-order valence-corrected chi connectivity index (χ0v) is 27.1. The molecule has 1 aromatic heterocycles. The van der Waals surface area contributed by atoms with Crippen LogP contribution in [0.5, 0.6) is 0 Å². The maximum atomic E-state index is 13.9. The summed E-state index contributed by atoms with van der Waals surface area (Å²) in [7, 11) is 0. The van der Waals surface area contributed by atoms with Crippen LogP contribution in [-0.4, -0.2) is 38.1 Å². The lowest BCUT2D eigenvalue weighted by Gasteiger charge is -2.33. The van der Waals surface area contributed by atoms with E-state index in [1.807, 2.05) is 48.7 Å². The van der Waals surface area contributed by atoms with Gasteiger partial charge in [0.15, 0.2) is 5.11 Å². The number of para-hydroxylation sites is 1. The quantitative estimate of drug-likeness (QED) is 0.162. The Hall–Kier alpha value is -4.21. The Balaban J connectivity index is 1.52. The Morgan fingerprint density at radius 2 is 1.78 bits per heavy atom. The molecule has 7 nitrogen and oxygen atoms in total. The fraction of sp³-hybridized carbons (Fsp3) is 0.273. The highest BCUT2D eigenvalue weighted by Gasteiger charge is 2.34. The van der Waals surface area contributed by atoms with Crippen molar-refractivity contribution >= 4 is 44.9 Å². The van der Waals surface area contributed by atoms with Crippen molar-refractivity contribution in [2.75, 3.05) is 11.9 Å². The summed E-state index contributed by atoms with van der Waals surface area (Å²) in [6.45, 7) is 4.39. The van der Waals surface area contributed by atoms with Gasteiger partial charge in [-0.25, -0.2) is 4.98 Å². The third-order valence-corrected chi connectivity index (χ3v) is 8.28. The van der Waals surface area contributed by atoms with E-state index in [2.05, 4.69) is 37.6 Å². The second-order valence-electron chi connectivity index (χ2n) is 10.9. The highest BCUT2D eigenvalue weighted by atomic mass is 79.9. The number of carbonyl (C=O) groups excluding carboxylic acids is 1. The molecule has 0 saturated carbocycles. The Bertz CT molecular complexity index is 1670. The highest BCUT2D eigenvalue weighted by molar-refractivity contribution is 9.10. The van der Waals surface area contributed by atoms with Crippen molar-refractivity contribution in [1.82, 2.24) is 19.8 Å². The molecule has 234 valence electrons. The number of hydrogen-bond acceptors (Lipinski definition) is 4. The van der Waals surface area contributed by atoms with Gasteiger partial charge < -0.3 is 20.1 Å². The first-order chi connectivity index (χ1) is 21.4. The van der Waals surface area contributed by atoms with Crippen molar-refractivity contribution < 1.29 is 18.0 Å². The number of imidazole rings is 1. The zero-order valence-electron chi connectivity index (χ0n) is 24.7. The number of nitriles is 1. The van der Waals surface area contributed by atoms with E-state index in [1.165, 1.54) is 12.1 Å². The molecule has 0 aliphatic carbocycles. The van der Waals surface area contributed by atoms with Gasteiger partial charge >= 0.3 is 6.18 Å². The van der Waals surface area contributed by atoms with E-state index in [0.717, 1.165) is 16.1 Å². The summed E-state index contributed by atoms with van der Waals surface area (Å²) in [4.78, 5) is 19.2. The number of carbonyl (C=O) groups is 1. The van der Waals surface area contributed by atoms with Crippen LogP contribution in [0.2, 0.25) is 0 Å². The van der Waals surface area contributed by atoms with Crippen molar-refractivity contribution in [2.24, 2.45) is 5.92 Å². The van der Waals surface area contributed by atoms with Gasteiger partial charge in [0.05, 0.1) is 35.6 Å². The summed E-state index contributed by atoms with van der Waals surface area (Å²) in [6, 6.07) is 21.6. The molecule has 4 rings (SSSR count). The molecule has 2 N–H and O–H groups in total. The van der Waals surface area contributed by atoms with E-state index in [-0.39, 0.29) is 42.0 Å². The molecule has 1 heterocycles. The van der Waals surface area contributed by atoms with Gasteiger partial charge in [0, 0.05) is 42.0 Å². The second kappa shape index (κ2) is 15.2. The standard InChI is InChI=1S/C33H32BrF3N6OS/c1-22(2)30(40-31(44)15-26-17-39-21-43(26)18-24-13-11-23(16-38)12-14-24)20-42(32(45)41-29-10-6-5-9-28(29)34)19-25-7-3-4-8-27(25)33(35,36)37/h3-14,17,21-22,30H,15,18-20H2,1-2H3,(H,40,44)(H,41,45)/t30-/m1/s1. The molecule has 12 heteroatoms. The number of thiocarbonyl (C=S) groups is 1. The molecule has 0 bridgehead atoms. The van der Waals surface area contributed by atoms with Crippen LogP contribution in [-0.2, 0) is 30.5 Å². The maximum Gasteiger partial charge on any atom is 0.416 e. The van der Waals surface area contributed by atoms with E-state index in [1.54, 1.807) is 41.7 Å². The van der Waals surface area contributed by atoms with Crippen LogP contribution in [0.1, 0.15) is 41.8 Å². The summed E-state index contributed by atoms with van der Waals surface area (Å²) >= 11 is 9.21. The highest BCUT2D eigenvalue weighted by Crippen LogP contribution is 2.33. The number of nitrogens with one attached hydrogen (secondary N) is 2. The lowest BCUT2D eigenvalue weighted by Crippen LogP contribution is -2.49. The lowest BCUT2D eigenvalue weighted by molar-refractivity contribution is -0.138. The molecule has 0 unspecified atom stereocenters. The van der Waals surface area contributed by atoms with Crippen molar-refractivity contribution in [2.45, 2.75) is 45.6 Å². The number of benzene rings is 3. The van der Waals surface area contributed by atoms with E-state index >= 15 is 0 Å². The summed E-state index contributed by atoms with van der Waals surface area (Å²) in [5, 5.41) is 15.5. The van der Waals surface area contributed by atoms with E-state index in [4.69, 9.17) is 17.5 Å². The molecule has 1 atom stereocenters. The van der Waals surface area contributed by atoms with E-state index in [9.17, 15) is 18.0 Å². The number of amides is 1. The molecule has 3 aromatic carbocycles. The predicted molar refractivity (Wildman–Crippen MR) is 175 cm³/mol. The Kier molecular flexibility index (Phi) is 11.4.